The minimum atomic E-state index is -1.32. The summed E-state index contributed by atoms with van der Waals surface area (Å²) in [5.41, 5.74) is 2.37. The van der Waals surface area contributed by atoms with Gasteiger partial charge in [-0.1, -0.05) is 47.5 Å². The third kappa shape index (κ3) is 4.14. The number of aliphatic hydroxyl groups is 1. The Morgan fingerprint density at radius 2 is 1.86 bits per heavy atom. The van der Waals surface area contributed by atoms with Crippen LogP contribution in [-0.4, -0.2) is 33.8 Å². The standard InChI is InChI=1S/C20H17Cl2NO5/c21-15-3-1-2-12(18(15)22)8-11-4-5-16-13(9-11)19(26)14(20(27)28)10-23(16)7-6-17(24)25/h1-5,9-10,19,26H,6-8H2,(H,24,25)(H,27,28). The maximum Gasteiger partial charge on any atom is 0.336 e. The molecule has 1 heterocycles. The van der Waals surface area contributed by atoms with Crippen LogP contribution in [0.3, 0.4) is 0 Å². The van der Waals surface area contributed by atoms with E-state index in [9.17, 15) is 19.8 Å². The first-order chi connectivity index (χ1) is 13.3. The lowest BCUT2D eigenvalue weighted by Gasteiger charge is -2.31. The number of halogens is 2. The number of hydrogen-bond acceptors (Lipinski definition) is 4. The van der Waals surface area contributed by atoms with E-state index in [1.54, 1.807) is 24.3 Å². The molecule has 0 fully saturated rings. The minimum Gasteiger partial charge on any atom is -0.481 e. The molecule has 0 radical (unpaired) electrons. The molecule has 0 bridgehead atoms. The number of carboxylic acids is 2. The summed E-state index contributed by atoms with van der Waals surface area (Å²) in [6, 6.07) is 10.6. The fourth-order valence-electron chi connectivity index (χ4n) is 3.15. The van der Waals surface area contributed by atoms with Gasteiger partial charge in [-0.15, -0.1) is 0 Å². The van der Waals surface area contributed by atoms with Crippen LogP contribution in [0.1, 0.15) is 29.2 Å². The number of hydrogen-bond donors (Lipinski definition) is 3. The average Bonchev–Trinajstić information content (AvgIpc) is 2.65. The lowest BCUT2D eigenvalue weighted by atomic mass is 9.92. The summed E-state index contributed by atoms with van der Waals surface area (Å²) in [6.07, 6.45) is 0.244. The second-order valence-electron chi connectivity index (χ2n) is 6.41. The van der Waals surface area contributed by atoms with Crippen molar-refractivity contribution in [1.29, 1.82) is 0 Å². The highest BCUT2D eigenvalue weighted by Gasteiger charge is 2.30. The van der Waals surface area contributed by atoms with Crippen molar-refractivity contribution in [2.75, 3.05) is 11.4 Å². The Bertz CT molecular complexity index is 973. The molecule has 6 nitrogen and oxygen atoms in total. The van der Waals surface area contributed by atoms with E-state index in [2.05, 4.69) is 0 Å². The monoisotopic (exact) mass is 421 g/mol. The van der Waals surface area contributed by atoms with Crippen LogP contribution in [0, 0.1) is 0 Å². The van der Waals surface area contributed by atoms with Gasteiger partial charge in [-0.3, -0.25) is 4.79 Å². The molecule has 3 rings (SSSR count). The SMILES string of the molecule is O=C(O)CCN1C=C(C(=O)O)C(O)c2cc(Cc3cccc(Cl)c3Cl)ccc21. The maximum absolute atomic E-state index is 11.5. The van der Waals surface area contributed by atoms with Gasteiger partial charge in [0.2, 0.25) is 0 Å². The molecule has 1 unspecified atom stereocenters. The Labute approximate surface area is 171 Å². The average molecular weight is 422 g/mol. The van der Waals surface area contributed by atoms with Gasteiger partial charge in [0.1, 0.15) is 6.10 Å². The molecule has 0 saturated carbocycles. The Hall–Kier alpha value is -2.54. The molecule has 1 aliphatic rings. The maximum atomic E-state index is 11.5. The molecule has 3 N–H and O–H groups in total. The summed E-state index contributed by atoms with van der Waals surface area (Å²) in [7, 11) is 0. The second-order valence-corrected chi connectivity index (χ2v) is 7.20. The van der Waals surface area contributed by atoms with E-state index in [1.807, 2.05) is 12.1 Å². The van der Waals surface area contributed by atoms with Crippen molar-refractivity contribution >= 4 is 40.8 Å². The van der Waals surface area contributed by atoms with Gasteiger partial charge in [0, 0.05) is 24.0 Å². The van der Waals surface area contributed by atoms with Gasteiger partial charge in [0.05, 0.1) is 22.0 Å². The Morgan fingerprint density at radius 3 is 2.54 bits per heavy atom. The summed E-state index contributed by atoms with van der Waals surface area (Å²) >= 11 is 12.3. The molecule has 0 saturated heterocycles. The molecule has 1 aliphatic heterocycles. The zero-order valence-corrected chi connectivity index (χ0v) is 16.1. The second kappa shape index (κ2) is 8.22. The number of carboxylic acid groups (broad SMARTS) is 2. The first-order valence-corrected chi connectivity index (χ1v) is 9.20. The van der Waals surface area contributed by atoms with Gasteiger partial charge >= 0.3 is 11.9 Å². The van der Waals surface area contributed by atoms with Crippen LogP contribution in [0.4, 0.5) is 5.69 Å². The summed E-state index contributed by atoms with van der Waals surface area (Å²) in [4.78, 5) is 24.0. The van der Waals surface area contributed by atoms with Gasteiger partial charge in [-0.2, -0.15) is 0 Å². The van der Waals surface area contributed by atoms with E-state index in [-0.39, 0.29) is 18.5 Å². The highest BCUT2D eigenvalue weighted by molar-refractivity contribution is 6.42. The number of anilines is 1. The Morgan fingerprint density at radius 1 is 1.11 bits per heavy atom. The van der Waals surface area contributed by atoms with Crippen molar-refractivity contribution in [2.24, 2.45) is 0 Å². The highest BCUT2D eigenvalue weighted by Crippen LogP contribution is 2.38. The van der Waals surface area contributed by atoms with Crippen molar-refractivity contribution in [3.63, 3.8) is 0 Å². The van der Waals surface area contributed by atoms with E-state index < -0.39 is 18.0 Å². The van der Waals surface area contributed by atoms with Gasteiger partial charge in [0.15, 0.2) is 0 Å². The zero-order valence-electron chi connectivity index (χ0n) is 14.6. The van der Waals surface area contributed by atoms with Crippen LogP contribution in [0.25, 0.3) is 0 Å². The third-order valence-electron chi connectivity index (χ3n) is 4.53. The molecule has 1 atom stereocenters. The minimum absolute atomic E-state index is 0.0886. The number of nitrogens with zero attached hydrogens (tertiary/aromatic N) is 1. The van der Waals surface area contributed by atoms with Crippen molar-refractivity contribution in [3.8, 4) is 0 Å². The highest BCUT2D eigenvalue weighted by atomic mass is 35.5. The summed E-state index contributed by atoms with van der Waals surface area (Å²) < 4.78 is 0. The number of carbonyl (C=O) groups is 2. The summed E-state index contributed by atoms with van der Waals surface area (Å²) in [5, 5.41) is 29.8. The van der Waals surface area contributed by atoms with E-state index in [0.717, 1.165) is 11.1 Å². The van der Waals surface area contributed by atoms with Crippen LogP contribution in [-0.2, 0) is 16.0 Å². The smallest absolute Gasteiger partial charge is 0.336 e. The summed E-state index contributed by atoms with van der Waals surface area (Å²) in [5.74, 6) is -2.26. The van der Waals surface area contributed by atoms with Crippen LogP contribution in [0.5, 0.6) is 0 Å². The fourth-order valence-corrected chi connectivity index (χ4v) is 3.54. The zero-order chi connectivity index (χ0) is 20.4. The predicted molar refractivity (Wildman–Crippen MR) is 106 cm³/mol. The van der Waals surface area contributed by atoms with Gasteiger partial charge in [-0.05, 0) is 29.7 Å². The lowest BCUT2D eigenvalue weighted by Crippen LogP contribution is -2.29. The van der Waals surface area contributed by atoms with Gasteiger partial charge in [-0.25, -0.2) is 4.79 Å². The molecule has 0 aliphatic carbocycles. The molecular weight excluding hydrogens is 405 g/mol. The van der Waals surface area contributed by atoms with Crippen molar-refractivity contribution in [2.45, 2.75) is 18.9 Å². The number of rotatable bonds is 6. The summed E-state index contributed by atoms with van der Waals surface area (Å²) in [6.45, 7) is 0.0886. The molecular formula is C20H17Cl2NO5. The van der Waals surface area contributed by atoms with E-state index in [1.165, 1.54) is 11.1 Å². The first-order valence-electron chi connectivity index (χ1n) is 8.45. The lowest BCUT2D eigenvalue weighted by molar-refractivity contribution is -0.137. The van der Waals surface area contributed by atoms with Crippen molar-refractivity contribution in [3.05, 3.63) is 74.9 Å². The number of aliphatic carboxylic acids is 2. The molecule has 28 heavy (non-hydrogen) atoms. The molecule has 8 heteroatoms. The van der Waals surface area contributed by atoms with Crippen molar-refractivity contribution in [1.82, 2.24) is 0 Å². The topological polar surface area (TPSA) is 98.1 Å². The Balaban J connectivity index is 1.97. The predicted octanol–water partition coefficient (Wildman–Crippen LogP) is 3.88. The van der Waals surface area contributed by atoms with Crippen molar-refractivity contribution < 1.29 is 24.9 Å². The fraction of sp³-hybridized carbons (Fsp3) is 0.200. The number of benzene rings is 2. The number of aliphatic hydroxyl groups excluding tert-OH is 1. The molecule has 0 spiro atoms. The largest absolute Gasteiger partial charge is 0.481 e. The molecule has 2 aromatic carbocycles. The molecule has 0 amide bonds. The van der Waals surface area contributed by atoms with E-state index in [4.69, 9.17) is 28.3 Å². The Kier molecular flexibility index (Phi) is 5.93. The van der Waals surface area contributed by atoms with Crippen LogP contribution >= 0.6 is 23.2 Å². The molecule has 2 aromatic rings. The normalized spacial score (nSPS) is 15.8. The van der Waals surface area contributed by atoms with Crippen LogP contribution < -0.4 is 4.90 Å². The van der Waals surface area contributed by atoms with E-state index >= 15 is 0 Å². The third-order valence-corrected chi connectivity index (χ3v) is 5.38. The van der Waals surface area contributed by atoms with E-state index in [0.29, 0.717) is 27.7 Å². The number of fused-ring (bicyclic) bond motifs is 1. The quantitative estimate of drug-likeness (QED) is 0.654. The van der Waals surface area contributed by atoms with Gasteiger partial charge < -0.3 is 20.2 Å². The first kappa shape index (κ1) is 20.2. The van der Waals surface area contributed by atoms with Gasteiger partial charge in [0.25, 0.3) is 0 Å². The van der Waals surface area contributed by atoms with Crippen LogP contribution in [0.15, 0.2) is 48.2 Å². The van der Waals surface area contributed by atoms with Crippen LogP contribution in [0.2, 0.25) is 10.0 Å². The molecule has 0 aromatic heterocycles. The molecule has 146 valence electrons.